The van der Waals surface area contributed by atoms with E-state index in [9.17, 15) is 38.4 Å². The highest BCUT2D eigenvalue weighted by atomic mass is 16.6. The zero-order chi connectivity index (χ0) is 73.6. The van der Waals surface area contributed by atoms with Crippen LogP contribution in [0.4, 0.5) is 0 Å². The molecule has 0 radical (unpaired) electrons. The van der Waals surface area contributed by atoms with Crippen LogP contribution in [0.25, 0.3) is 0 Å². The Morgan fingerprint density at radius 1 is 0.308 bits per heavy atom. The molecule has 16 nitrogen and oxygen atoms in total. The highest BCUT2D eigenvalue weighted by molar-refractivity contribution is 5.89. The van der Waals surface area contributed by atoms with Crippen LogP contribution in [0.2, 0.25) is 0 Å². The van der Waals surface area contributed by atoms with E-state index in [1.54, 1.807) is 27.7 Å². The Morgan fingerprint density at radius 3 is 0.942 bits per heavy atom. The van der Waals surface area contributed by atoms with Crippen molar-refractivity contribution in [3.8, 4) is 0 Å². The predicted molar refractivity (Wildman–Crippen MR) is 389 cm³/mol. The maximum Gasteiger partial charge on any atom is 0.333 e. The maximum absolute atomic E-state index is 13.9. The molecule has 104 heavy (non-hydrogen) atoms. The molecule has 16 heteroatoms. The minimum atomic E-state index is -0.482. The van der Waals surface area contributed by atoms with Gasteiger partial charge in [-0.15, -0.1) is 0 Å². The molecule has 0 amide bonds. The fraction of sp³-hybridized carbons (Fsp3) is 0.818. The van der Waals surface area contributed by atoms with Crippen molar-refractivity contribution in [2.45, 2.75) is 332 Å². The Bertz CT molecular complexity index is 3400. The molecule has 12 unspecified atom stereocenters. The van der Waals surface area contributed by atoms with E-state index in [0.29, 0.717) is 94.3 Å². The first-order valence-corrected chi connectivity index (χ1v) is 41.6. The van der Waals surface area contributed by atoms with Gasteiger partial charge in [-0.05, 0) is 357 Å². The minimum Gasteiger partial charge on any atom is -0.459 e. The van der Waals surface area contributed by atoms with Gasteiger partial charge in [0, 0.05) is 47.0 Å². The first-order valence-electron chi connectivity index (χ1n) is 41.6. The molecule has 0 aromatic heterocycles. The number of carbonyl (C=O) groups is 8. The van der Waals surface area contributed by atoms with E-state index in [1.165, 1.54) is 77.0 Å². The highest BCUT2D eigenvalue weighted by Gasteiger charge is 2.68. The SMILES string of the molecule is C=C(C)C(=O)OC12CC3CC(C1)CC(C(=O)OC1(C)C4CC5CC(C4)CC1C5)(C3)C2.C=C(C)C(=O)OC12CC3CC(C1)CC(C(=O)OC1(C)CCCC1)(C3)C2.C=C(C)C(=O)OC1CC2CC(C(=O)OC3(C)C4CC5CC(C4)CC3C5)C1C2.C=C(C)C(=O)OC1CC2CC(C(=O)OC3(C)CCCC3)C1C2. The third-order valence-corrected chi connectivity index (χ3v) is 31.7. The summed E-state index contributed by atoms with van der Waals surface area (Å²) in [6, 6.07) is 0. The molecule has 22 fully saturated rings. The number of hydrogen-bond donors (Lipinski definition) is 0. The van der Waals surface area contributed by atoms with Gasteiger partial charge in [-0.2, -0.15) is 0 Å². The van der Waals surface area contributed by atoms with E-state index in [0.717, 1.165) is 165 Å². The molecule has 12 atom stereocenters. The Morgan fingerprint density at radius 2 is 0.606 bits per heavy atom. The second-order valence-electron chi connectivity index (χ2n) is 40.2. The fourth-order valence-corrected chi connectivity index (χ4v) is 27.8. The molecule has 22 aliphatic carbocycles. The van der Waals surface area contributed by atoms with Gasteiger partial charge in [0.2, 0.25) is 0 Å². The Hall–Kier alpha value is -5.28. The van der Waals surface area contributed by atoms with Crippen molar-refractivity contribution in [1.29, 1.82) is 0 Å². The number of esters is 8. The standard InChI is InChI=1S/C26H36O4.C23H32O4.C21H30O4.C18H26O4/c1-15(2)22(27)29-26-12-18-5-19(13-26)11-25(10-18,14-26)23(28)30-24(3)20-6-16-4-17(8-20)9-21(24)7-16;1-12(2)21(24)26-20-11-15-9-18(20)19(10-15)22(25)27-23(3)16-5-13-4-14(7-16)8-17(23)6-13;1-14(2)17(22)24-21-11-15-8-16(12-21)10-20(9-15,13-21)18(23)25-19(3)6-4-5-7-19;1-11(2)16(19)21-15-10-12-8-13(15)14(9-12)17(20)22-18(3)6-4-5-7-18/h16-21H,1,4-14H2,2-3H3;13-20H,1,4-11H2,2-3H3;15-16H,1,4-13H2,2-3H3;12-15H,1,4-10H2,2-3H3. The van der Waals surface area contributed by atoms with E-state index < -0.39 is 22.0 Å². The molecule has 20 bridgehead atoms. The third-order valence-electron chi connectivity index (χ3n) is 31.7. The summed E-state index contributed by atoms with van der Waals surface area (Å²) in [5.74, 6) is 7.23. The normalized spacial score (nSPS) is 45.2. The summed E-state index contributed by atoms with van der Waals surface area (Å²) in [4.78, 5) is 101. The molecule has 0 aromatic rings. The molecule has 0 spiro atoms. The van der Waals surface area contributed by atoms with E-state index in [4.69, 9.17) is 37.9 Å². The van der Waals surface area contributed by atoms with Crippen molar-refractivity contribution in [2.75, 3.05) is 0 Å². The summed E-state index contributed by atoms with van der Waals surface area (Å²) in [7, 11) is 0. The van der Waals surface area contributed by atoms with Gasteiger partial charge in [0.1, 0.15) is 45.8 Å². The lowest BCUT2D eigenvalue weighted by atomic mass is 9.47. The van der Waals surface area contributed by atoms with E-state index in [2.05, 4.69) is 47.1 Å². The van der Waals surface area contributed by atoms with Crippen LogP contribution in [0.5, 0.6) is 0 Å². The molecule has 0 aromatic carbocycles. The summed E-state index contributed by atoms with van der Waals surface area (Å²) in [6.45, 7) is 30.1. The fourth-order valence-electron chi connectivity index (χ4n) is 27.8. The van der Waals surface area contributed by atoms with Gasteiger partial charge in [0.05, 0.1) is 22.7 Å². The van der Waals surface area contributed by atoms with Crippen LogP contribution < -0.4 is 0 Å². The summed E-state index contributed by atoms with van der Waals surface area (Å²) in [5.41, 5.74) is -1.23. The van der Waals surface area contributed by atoms with E-state index >= 15 is 0 Å². The Balaban J connectivity index is 0.000000112. The molecule has 572 valence electrons. The van der Waals surface area contributed by atoms with E-state index in [-0.39, 0.29) is 106 Å². The molecule has 22 aliphatic rings. The van der Waals surface area contributed by atoms with Crippen LogP contribution in [0.1, 0.15) is 287 Å². The minimum absolute atomic E-state index is 0.0199. The summed E-state index contributed by atoms with van der Waals surface area (Å²) in [5, 5.41) is 0. The smallest absolute Gasteiger partial charge is 0.333 e. The van der Waals surface area contributed by atoms with Gasteiger partial charge >= 0.3 is 47.8 Å². The van der Waals surface area contributed by atoms with Crippen molar-refractivity contribution in [3.05, 3.63) is 48.6 Å². The first kappa shape index (κ1) is 74.2. The van der Waals surface area contributed by atoms with Gasteiger partial charge in [-0.3, -0.25) is 19.2 Å². The van der Waals surface area contributed by atoms with Crippen LogP contribution in [0.15, 0.2) is 48.6 Å². The quantitative estimate of drug-likeness (QED) is 0.0799. The monoisotopic (exact) mass is 1440 g/mol. The zero-order valence-corrected chi connectivity index (χ0v) is 64.4. The van der Waals surface area contributed by atoms with Gasteiger partial charge in [0.15, 0.2) is 0 Å². The molecule has 0 heterocycles. The van der Waals surface area contributed by atoms with Crippen molar-refractivity contribution in [3.63, 3.8) is 0 Å². The number of rotatable bonds is 16. The predicted octanol–water partition coefficient (Wildman–Crippen LogP) is 17.2. The van der Waals surface area contributed by atoms with Crippen LogP contribution in [-0.4, -0.2) is 93.6 Å². The molecule has 22 rings (SSSR count). The maximum atomic E-state index is 13.9. The average molecular weight is 1440 g/mol. The van der Waals surface area contributed by atoms with Crippen molar-refractivity contribution in [1.82, 2.24) is 0 Å². The van der Waals surface area contributed by atoms with Gasteiger partial charge in [0.25, 0.3) is 0 Å². The third kappa shape index (κ3) is 14.1. The molecular formula is C88H124O16. The van der Waals surface area contributed by atoms with Crippen molar-refractivity contribution >= 4 is 47.8 Å². The Kier molecular flexibility index (Phi) is 19.5. The van der Waals surface area contributed by atoms with Crippen LogP contribution in [-0.2, 0) is 76.3 Å². The number of carbonyl (C=O) groups excluding carboxylic acids is 8. The van der Waals surface area contributed by atoms with Crippen LogP contribution >= 0.6 is 0 Å². The number of fused-ring (bicyclic) bond motifs is 4. The van der Waals surface area contributed by atoms with Crippen molar-refractivity contribution in [2.24, 2.45) is 117 Å². The largest absolute Gasteiger partial charge is 0.459 e. The van der Waals surface area contributed by atoms with Crippen LogP contribution in [0.3, 0.4) is 0 Å². The number of hydrogen-bond acceptors (Lipinski definition) is 16. The molecule has 22 saturated carbocycles. The molecule has 0 saturated heterocycles. The molecule has 0 aliphatic heterocycles. The topological polar surface area (TPSA) is 210 Å². The molecular weight excluding hydrogens is 1310 g/mol. The lowest BCUT2D eigenvalue weighted by molar-refractivity contribution is -0.236. The summed E-state index contributed by atoms with van der Waals surface area (Å²) < 4.78 is 48.1. The molecule has 0 N–H and O–H groups in total. The highest BCUT2D eigenvalue weighted by Crippen LogP contribution is 2.68. The van der Waals surface area contributed by atoms with Gasteiger partial charge in [-0.1, -0.05) is 26.3 Å². The average Bonchev–Trinajstić information content (AvgIpc) is 1.00. The zero-order valence-electron chi connectivity index (χ0n) is 64.4. The lowest BCUT2D eigenvalue weighted by Crippen LogP contribution is -2.63. The van der Waals surface area contributed by atoms with Crippen molar-refractivity contribution < 1.29 is 76.3 Å². The van der Waals surface area contributed by atoms with Gasteiger partial charge < -0.3 is 37.9 Å². The lowest BCUT2D eigenvalue weighted by Gasteiger charge is -2.62. The summed E-state index contributed by atoms with van der Waals surface area (Å²) >= 11 is 0. The number of ether oxygens (including phenoxy) is 8. The second kappa shape index (κ2) is 27.4. The first-order chi connectivity index (χ1) is 49.1. The van der Waals surface area contributed by atoms with E-state index in [1.807, 2.05) is 6.92 Å². The van der Waals surface area contributed by atoms with Crippen LogP contribution in [0, 0.1) is 117 Å². The second-order valence-corrected chi connectivity index (χ2v) is 40.2. The Labute approximate surface area is 619 Å². The van der Waals surface area contributed by atoms with Gasteiger partial charge in [-0.25, -0.2) is 19.2 Å². The summed E-state index contributed by atoms with van der Waals surface area (Å²) in [6.07, 6.45) is 37.3.